The zero-order valence-electron chi connectivity index (χ0n) is 22.0. The minimum absolute atomic E-state index is 0.315. The normalized spacial score (nSPS) is 11.4. The SMILES string of the molecule is NCCOOCCOCCOCCOCCOCCOCCOCCOOCCOCCOCCC=O. The summed E-state index contributed by atoms with van der Waals surface area (Å²) in [7, 11) is 0. The molecular weight excluding hydrogens is 498 g/mol. The molecule has 0 aromatic rings. The minimum Gasteiger partial charge on any atom is -0.379 e. The molecule has 0 saturated heterocycles. The molecule has 14 nitrogen and oxygen atoms in total. The van der Waals surface area contributed by atoms with Crippen LogP contribution < -0.4 is 5.73 Å². The van der Waals surface area contributed by atoms with Gasteiger partial charge in [0.15, 0.2) is 0 Å². The Kier molecular flexibility index (Phi) is 34.3. The lowest BCUT2D eigenvalue weighted by Gasteiger charge is -2.08. The van der Waals surface area contributed by atoms with E-state index in [0.717, 1.165) is 6.29 Å². The summed E-state index contributed by atoms with van der Waals surface area (Å²) in [6.07, 6.45) is 1.22. The quantitative estimate of drug-likeness (QED) is 0.0481. The second-order valence-electron chi connectivity index (χ2n) is 6.93. The molecule has 0 bridgehead atoms. The van der Waals surface area contributed by atoms with Crippen molar-refractivity contribution in [2.24, 2.45) is 5.73 Å². The molecule has 0 aromatic carbocycles. The monoisotopic (exact) mass is 545 g/mol. The van der Waals surface area contributed by atoms with E-state index in [9.17, 15) is 4.79 Å². The molecule has 0 amide bonds. The highest BCUT2D eigenvalue weighted by molar-refractivity contribution is 5.49. The van der Waals surface area contributed by atoms with Gasteiger partial charge in [-0.3, -0.25) is 0 Å². The van der Waals surface area contributed by atoms with E-state index in [0.29, 0.717) is 145 Å². The third-order valence-electron chi connectivity index (χ3n) is 3.91. The number of carbonyl (C=O) groups excluding carboxylic acids is 1. The summed E-state index contributed by atoms with van der Waals surface area (Å²) in [5.74, 6) is 0. The van der Waals surface area contributed by atoms with E-state index in [1.807, 2.05) is 0 Å². The van der Waals surface area contributed by atoms with Crippen LogP contribution in [0.3, 0.4) is 0 Å². The maximum absolute atomic E-state index is 10.1. The molecule has 0 saturated carbocycles. The van der Waals surface area contributed by atoms with Crippen LogP contribution >= 0.6 is 0 Å². The lowest BCUT2D eigenvalue weighted by molar-refractivity contribution is -0.303. The molecule has 0 atom stereocenters. The van der Waals surface area contributed by atoms with E-state index < -0.39 is 0 Å². The van der Waals surface area contributed by atoms with Gasteiger partial charge in [0.1, 0.15) is 26.1 Å². The Labute approximate surface area is 219 Å². The van der Waals surface area contributed by atoms with Crippen molar-refractivity contribution in [3.8, 4) is 0 Å². The fourth-order valence-electron chi connectivity index (χ4n) is 2.22. The van der Waals surface area contributed by atoms with Crippen LogP contribution in [-0.2, 0) is 62.2 Å². The summed E-state index contributed by atoms with van der Waals surface area (Å²) in [6, 6.07) is 0. The van der Waals surface area contributed by atoms with Crippen molar-refractivity contribution in [2.45, 2.75) is 6.42 Å². The topological polar surface area (TPSA) is 154 Å². The van der Waals surface area contributed by atoms with E-state index in [1.165, 1.54) is 0 Å². The van der Waals surface area contributed by atoms with Gasteiger partial charge in [0.25, 0.3) is 0 Å². The Morgan fingerprint density at radius 1 is 0.351 bits per heavy atom. The Hall–Kier alpha value is -0.850. The van der Waals surface area contributed by atoms with Gasteiger partial charge in [0, 0.05) is 13.0 Å². The first-order chi connectivity index (χ1) is 18.4. The Morgan fingerprint density at radius 2 is 0.595 bits per heavy atom. The number of aldehydes is 1. The van der Waals surface area contributed by atoms with Gasteiger partial charge >= 0.3 is 0 Å². The first-order valence-corrected chi connectivity index (χ1v) is 12.7. The fraction of sp³-hybridized carbons (Fsp3) is 0.957. The van der Waals surface area contributed by atoms with Crippen LogP contribution in [0.4, 0.5) is 0 Å². The largest absolute Gasteiger partial charge is 0.379 e. The molecule has 14 heteroatoms. The van der Waals surface area contributed by atoms with Crippen LogP contribution in [0, 0.1) is 0 Å². The molecule has 2 N–H and O–H groups in total. The highest BCUT2D eigenvalue weighted by Gasteiger charge is 1.96. The molecule has 0 aliphatic carbocycles. The Bertz CT molecular complexity index is 424. The first kappa shape index (κ1) is 36.1. The summed E-state index contributed by atoms with van der Waals surface area (Å²) in [5, 5.41) is 0. The third-order valence-corrected chi connectivity index (χ3v) is 3.91. The van der Waals surface area contributed by atoms with Gasteiger partial charge in [0.2, 0.25) is 0 Å². The molecule has 0 radical (unpaired) electrons. The zero-order chi connectivity index (χ0) is 26.7. The van der Waals surface area contributed by atoms with Crippen molar-refractivity contribution in [2.75, 3.05) is 139 Å². The number of ether oxygens (including phenoxy) is 8. The molecule has 0 heterocycles. The summed E-state index contributed by atoms with van der Waals surface area (Å²) < 4.78 is 42.7. The van der Waals surface area contributed by atoms with Crippen molar-refractivity contribution in [3.63, 3.8) is 0 Å². The smallest absolute Gasteiger partial charge is 0.122 e. The van der Waals surface area contributed by atoms with E-state index in [1.54, 1.807) is 0 Å². The van der Waals surface area contributed by atoms with E-state index in [4.69, 9.17) is 63.2 Å². The van der Waals surface area contributed by atoms with Crippen LogP contribution in [0.15, 0.2) is 0 Å². The van der Waals surface area contributed by atoms with E-state index >= 15 is 0 Å². The second kappa shape index (κ2) is 35.2. The minimum atomic E-state index is 0.315. The summed E-state index contributed by atoms with van der Waals surface area (Å²) in [4.78, 5) is 29.6. The average molecular weight is 546 g/mol. The van der Waals surface area contributed by atoms with Gasteiger partial charge in [-0.1, -0.05) is 0 Å². The molecule has 222 valence electrons. The second-order valence-corrected chi connectivity index (χ2v) is 6.93. The fourth-order valence-corrected chi connectivity index (χ4v) is 2.22. The van der Waals surface area contributed by atoms with Crippen molar-refractivity contribution >= 4 is 6.29 Å². The van der Waals surface area contributed by atoms with Crippen molar-refractivity contribution in [1.82, 2.24) is 0 Å². The highest BCUT2D eigenvalue weighted by atomic mass is 17.2. The van der Waals surface area contributed by atoms with E-state index in [-0.39, 0.29) is 0 Å². The molecule has 0 aliphatic heterocycles. The lowest BCUT2D eigenvalue weighted by Crippen LogP contribution is -2.15. The number of hydrogen-bond acceptors (Lipinski definition) is 14. The van der Waals surface area contributed by atoms with Gasteiger partial charge in [-0.25, -0.2) is 19.6 Å². The molecular formula is C23H47NO13. The molecule has 0 aliphatic rings. The Morgan fingerprint density at radius 3 is 0.865 bits per heavy atom. The molecule has 0 spiro atoms. The van der Waals surface area contributed by atoms with Crippen LogP contribution in [0.1, 0.15) is 6.42 Å². The molecule has 0 fully saturated rings. The standard InChI is InChI=1S/C23H47NO13/c24-2-5-34-35-21-18-32-16-14-29-12-10-27-8-9-28-11-13-30-15-17-33-20-23-37-36-22-19-31-7-6-26-4-1-3-25/h3H,1-2,4-24H2. The zero-order valence-corrected chi connectivity index (χ0v) is 22.0. The predicted molar refractivity (Wildman–Crippen MR) is 130 cm³/mol. The van der Waals surface area contributed by atoms with Gasteiger partial charge in [-0.05, 0) is 0 Å². The number of nitrogens with two attached hydrogens (primary N) is 1. The first-order valence-electron chi connectivity index (χ1n) is 12.7. The van der Waals surface area contributed by atoms with Crippen LogP contribution in [0.2, 0.25) is 0 Å². The summed E-state index contributed by atoms with van der Waals surface area (Å²) >= 11 is 0. The van der Waals surface area contributed by atoms with Crippen molar-refractivity contribution < 1.29 is 62.2 Å². The molecule has 0 aromatic heterocycles. The van der Waals surface area contributed by atoms with E-state index in [2.05, 4.69) is 0 Å². The molecule has 37 heavy (non-hydrogen) atoms. The van der Waals surface area contributed by atoms with Crippen molar-refractivity contribution in [1.29, 1.82) is 0 Å². The van der Waals surface area contributed by atoms with Gasteiger partial charge < -0.3 is 48.4 Å². The van der Waals surface area contributed by atoms with Gasteiger partial charge in [-0.2, -0.15) is 0 Å². The summed E-state index contributed by atoms with van der Waals surface area (Å²) in [5.41, 5.74) is 5.25. The van der Waals surface area contributed by atoms with Crippen LogP contribution in [0.5, 0.6) is 0 Å². The third kappa shape index (κ3) is 35.1. The number of carbonyl (C=O) groups is 1. The molecule has 0 unspecified atom stereocenters. The number of hydrogen-bond donors (Lipinski definition) is 1. The maximum atomic E-state index is 10.1. The summed E-state index contributed by atoms with van der Waals surface area (Å²) in [6.45, 7) is 9.18. The Balaban J connectivity index is 3.01. The van der Waals surface area contributed by atoms with Gasteiger partial charge in [-0.15, -0.1) is 0 Å². The maximum Gasteiger partial charge on any atom is 0.122 e. The lowest BCUT2D eigenvalue weighted by atomic mass is 10.5. The highest BCUT2D eigenvalue weighted by Crippen LogP contribution is 1.87. The van der Waals surface area contributed by atoms with Crippen LogP contribution in [0.25, 0.3) is 0 Å². The van der Waals surface area contributed by atoms with Crippen molar-refractivity contribution in [3.05, 3.63) is 0 Å². The van der Waals surface area contributed by atoms with Crippen LogP contribution in [-0.4, -0.2) is 145 Å². The predicted octanol–water partition coefficient (Wildman–Crippen LogP) is -0.437. The molecule has 0 rings (SSSR count). The van der Waals surface area contributed by atoms with Gasteiger partial charge in [0.05, 0.1) is 112 Å². The average Bonchev–Trinajstić information content (AvgIpc) is 2.91. The number of rotatable bonds is 34.